The molecule has 0 aliphatic heterocycles. The fourth-order valence-electron chi connectivity index (χ4n) is 3.20. The molecule has 1 atom stereocenters. The summed E-state index contributed by atoms with van der Waals surface area (Å²) < 4.78 is 32.6. The van der Waals surface area contributed by atoms with Crippen molar-refractivity contribution in [3.8, 4) is 0 Å². The Kier molecular flexibility index (Phi) is 5.01. The Labute approximate surface area is 142 Å². The first-order chi connectivity index (χ1) is 11.5. The summed E-state index contributed by atoms with van der Waals surface area (Å²) in [6, 6.07) is 6.66. The molecule has 0 spiro atoms. The minimum absolute atomic E-state index is 0.255. The van der Waals surface area contributed by atoms with Crippen molar-refractivity contribution in [3.05, 3.63) is 41.5 Å². The number of sulfonamides is 1. The number of hydrogen-bond donors (Lipinski definition) is 1. The highest BCUT2D eigenvalue weighted by Gasteiger charge is 2.22. The molecule has 24 heavy (non-hydrogen) atoms. The lowest BCUT2D eigenvalue weighted by molar-refractivity contribution is 0.351. The van der Waals surface area contributed by atoms with Crippen molar-refractivity contribution < 1.29 is 12.9 Å². The molecule has 1 aliphatic carbocycles. The van der Waals surface area contributed by atoms with Crippen molar-refractivity contribution in [2.45, 2.75) is 62.8 Å². The zero-order chi connectivity index (χ0) is 17.2. The maximum absolute atomic E-state index is 12.5. The predicted octanol–water partition coefficient (Wildman–Crippen LogP) is 3.47. The summed E-state index contributed by atoms with van der Waals surface area (Å²) in [4.78, 5) is 4.31. The van der Waals surface area contributed by atoms with Crippen LogP contribution in [0.25, 0.3) is 0 Å². The van der Waals surface area contributed by atoms with E-state index in [1.807, 2.05) is 12.1 Å². The number of nitrogens with zero attached hydrogens (tertiary/aromatic N) is 2. The second-order valence-corrected chi connectivity index (χ2v) is 8.14. The molecule has 1 unspecified atom stereocenters. The highest BCUT2D eigenvalue weighted by atomic mass is 32.2. The highest BCUT2D eigenvalue weighted by Crippen LogP contribution is 2.33. The van der Waals surface area contributed by atoms with E-state index in [0.29, 0.717) is 11.7 Å². The van der Waals surface area contributed by atoms with Gasteiger partial charge < -0.3 is 4.52 Å². The Bertz CT molecular complexity index is 778. The average molecular weight is 349 g/mol. The number of rotatable bonds is 5. The van der Waals surface area contributed by atoms with Gasteiger partial charge in [0.05, 0.1) is 10.9 Å². The fraction of sp³-hybridized carbons (Fsp3) is 0.529. The number of nitrogens with one attached hydrogen (secondary N) is 1. The van der Waals surface area contributed by atoms with Crippen LogP contribution in [0.2, 0.25) is 0 Å². The monoisotopic (exact) mass is 349 g/mol. The molecule has 0 bridgehead atoms. The molecule has 2 aromatic rings. The lowest BCUT2D eigenvalue weighted by Crippen LogP contribution is -2.27. The van der Waals surface area contributed by atoms with Crippen LogP contribution >= 0.6 is 0 Å². The van der Waals surface area contributed by atoms with E-state index in [0.717, 1.165) is 0 Å². The summed E-state index contributed by atoms with van der Waals surface area (Å²) in [7, 11) is -3.62. The normalized spacial score (nSPS) is 17.8. The molecule has 1 heterocycles. The second kappa shape index (κ2) is 7.03. The molecule has 7 heteroatoms. The highest BCUT2D eigenvalue weighted by molar-refractivity contribution is 7.89. The summed E-state index contributed by atoms with van der Waals surface area (Å²) in [5.74, 6) is 1.30. The Morgan fingerprint density at radius 3 is 2.42 bits per heavy atom. The number of benzene rings is 1. The van der Waals surface area contributed by atoms with Crippen molar-refractivity contribution in [2.75, 3.05) is 0 Å². The van der Waals surface area contributed by atoms with Crippen LogP contribution < -0.4 is 4.72 Å². The molecular weight excluding hydrogens is 326 g/mol. The van der Waals surface area contributed by atoms with E-state index in [-0.39, 0.29) is 10.8 Å². The molecule has 1 aliphatic rings. The third-order valence-corrected chi connectivity index (χ3v) is 6.07. The van der Waals surface area contributed by atoms with Crippen LogP contribution in [0.3, 0.4) is 0 Å². The van der Waals surface area contributed by atoms with Gasteiger partial charge in [-0.25, -0.2) is 8.42 Å². The second-order valence-electron chi connectivity index (χ2n) is 6.43. The lowest BCUT2D eigenvalue weighted by atomic mass is 9.84. The van der Waals surface area contributed by atoms with Crippen LogP contribution in [-0.2, 0) is 10.0 Å². The van der Waals surface area contributed by atoms with Crippen LogP contribution in [0.4, 0.5) is 0 Å². The van der Waals surface area contributed by atoms with Crippen molar-refractivity contribution in [1.82, 2.24) is 14.9 Å². The number of aromatic nitrogens is 2. The number of aryl methyl sites for hydroxylation is 1. The first kappa shape index (κ1) is 17.1. The largest absolute Gasteiger partial charge is 0.338 e. The fourth-order valence-corrected chi connectivity index (χ4v) is 4.39. The van der Waals surface area contributed by atoms with Crippen LogP contribution in [0.5, 0.6) is 0 Å². The maximum Gasteiger partial charge on any atom is 0.244 e. The summed E-state index contributed by atoms with van der Waals surface area (Å²) in [6.45, 7) is 3.37. The molecule has 1 N–H and O–H groups in total. The molecular formula is C17H23N3O3S. The Morgan fingerprint density at radius 1 is 1.17 bits per heavy atom. The van der Waals surface area contributed by atoms with Crippen molar-refractivity contribution in [1.29, 1.82) is 0 Å². The van der Waals surface area contributed by atoms with Gasteiger partial charge in [0.25, 0.3) is 0 Å². The quantitative estimate of drug-likeness (QED) is 0.893. The number of hydrogen-bond acceptors (Lipinski definition) is 5. The molecule has 1 aromatic carbocycles. The Balaban J connectivity index is 1.72. The smallest absolute Gasteiger partial charge is 0.244 e. The van der Waals surface area contributed by atoms with Gasteiger partial charge in [-0.1, -0.05) is 36.6 Å². The minimum Gasteiger partial charge on any atom is -0.338 e. The zero-order valence-electron chi connectivity index (χ0n) is 14.0. The molecule has 6 nitrogen and oxygen atoms in total. The van der Waals surface area contributed by atoms with E-state index in [4.69, 9.17) is 4.52 Å². The SMILES string of the molecule is Cc1noc(C(C)NS(=O)(=O)c2ccc(C3CCCCC3)cc2)n1. The van der Waals surface area contributed by atoms with E-state index in [1.54, 1.807) is 26.0 Å². The van der Waals surface area contributed by atoms with Gasteiger partial charge in [-0.3, -0.25) is 0 Å². The van der Waals surface area contributed by atoms with Crippen molar-refractivity contribution >= 4 is 10.0 Å². The Hall–Kier alpha value is -1.73. The molecule has 0 saturated heterocycles. The lowest BCUT2D eigenvalue weighted by Gasteiger charge is -2.22. The topological polar surface area (TPSA) is 85.1 Å². The van der Waals surface area contributed by atoms with Gasteiger partial charge in [-0.05, 0) is 50.3 Å². The van der Waals surface area contributed by atoms with Crippen LogP contribution in [0, 0.1) is 6.92 Å². The standard InChI is InChI=1S/C17H23N3O3S/c1-12(17-18-13(2)19-23-17)20-24(21,22)16-10-8-15(9-11-16)14-6-4-3-5-7-14/h8-12,14,20H,3-7H2,1-2H3. The van der Waals surface area contributed by atoms with Gasteiger partial charge >= 0.3 is 0 Å². The summed E-state index contributed by atoms with van der Waals surface area (Å²) >= 11 is 0. The summed E-state index contributed by atoms with van der Waals surface area (Å²) in [5, 5.41) is 3.68. The van der Waals surface area contributed by atoms with Gasteiger partial charge in [0.2, 0.25) is 15.9 Å². The molecule has 1 fully saturated rings. The van der Waals surface area contributed by atoms with Crippen LogP contribution in [-0.4, -0.2) is 18.6 Å². The van der Waals surface area contributed by atoms with E-state index in [1.165, 1.54) is 37.7 Å². The first-order valence-corrected chi connectivity index (χ1v) is 9.86. The average Bonchev–Trinajstić information content (AvgIpc) is 3.02. The third-order valence-electron chi connectivity index (χ3n) is 4.51. The molecule has 0 amide bonds. The molecule has 0 radical (unpaired) electrons. The molecule has 1 saturated carbocycles. The molecule has 130 valence electrons. The zero-order valence-corrected chi connectivity index (χ0v) is 14.8. The third kappa shape index (κ3) is 3.84. The maximum atomic E-state index is 12.5. The van der Waals surface area contributed by atoms with Gasteiger partial charge in [0, 0.05) is 0 Å². The van der Waals surface area contributed by atoms with Crippen molar-refractivity contribution in [3.63, 3.8) is 0 Å². The summed E-state index contributed by atoms with van der Waals surface area (Å²) in [6.07, 6.45) is 6.20. The van der Waals surface area contributed by atoms with E-state index < -0.39 is 16.1 Å². The van der Waals surface area contributed by atoms with E-state index in [9.17, 15) is 8.42 Å². The van der Waals surface area contributed by atoms with Gasteiger partial charge in [0.15, 0.2) is 5.82 Å². The van der Waals surface area contributed by atoms with E-state index >= 15 is 0 Å². The Morgan fingerprint density at radius 2 is 1.83 bits per heavy atom. The van der Waals surface area contributed by atoms with Gasteiger partial charge in [-0.15, -0.1) is 0 Å². The van der Waals surface area contributed by atoms with Gasteiger partial charge in [0.1, 0.15) is 0 Å². The summed E-state index contributed by atoms with van der Waals surface area (Å²) in [5.41, 5.74) is 1.23. The minimum atomic E-state index is -3.62. The van der Waals surface area contributed by atoms with E-state index in [2.05, 4.69) is 14.9 Å². The first-order valence-electron chi connectivity index (χ1n) is 8.38. The predicted molar refractivity (Wildman–Crippen MR) is 90.0 cm³/mol. The molecule has 3 rings (SSSR count). The van der Waals surface area contributed by atoms with Crippen LogP contribution in [0.1, 0.15) is 68.3 Å². The molecule has 1 aromatic heterocycles. The van der Waals surface area contributed by atoms with Crippen molar-refractivity contribution in [2.24, 2.45) is 0 Å². The van der Waals surface area contributed by atoms with Gasteiger partial charge in [-0.2, -0.15) is 9.71 Å². The van der Waals surface area contributed by atoms with Crippen LogP contribution in [0.15, 0.2) is 33.7 Å².